The SMILES string of the molecule is O=C(/C=C/C[C@H](OC(=O)Nc1ccc(Br)cc1)c1cc(I)ccc1O)NO. The van der Waals surface area contributed by atoms with Crippen LogP contribution in [-0.4, -0.2) is 22.3 Å². The quantitative estimate of drug-likeness (QED) is 0.185. The first-order valence-corrected chi connectivity index (χ1v) is 9.58. The van der Waals surface area contributed by atoms with Crippen LogP contribution in [0.1, 0.15) is 18.1 Å². The van der Waals surface area contributed by atoms with E-state index < -0.39 is 18.1 Å². The summed E-state index contributed by atoms with van der Waals surface area (Å²) in [5, 5.41) is 21.3. The van der Waals surface area contributed by atoms with Gasteiger partial charge in [0.05, 0.1) is 0 Å². The molecule has 0 aliphatic heterocycles. The number of halogens is 2. The Morgan fingerprint density at radius 3 is 2.59 bits per heavy atom. The Morgan fingerprint density at radius 2 is 1.93 bits per heavy atom. The monoisotopic (exact) mass is 546 g/mol. The molecule has 2 rings (SSSR count). The molecule has 0 spiro atoms. The zero-order valence-electron chi connectivity index (χ0n) is 13.9. The summed E-state index contributed by atoms with van der Waals surface area (Å²) in [6.45, 7) is 0. The lowest BCUT2D eigenvalue weighted by Crippen LogP contribution is -2.18. The van der Waals surface area contributed by atoms with E-state index in [0.29, 0.717) is 11.3 Å². The van der Waals surface area contributed by atoms with Gasteiger partial charge in [0.2, 0.25) is 0 Å². The third-order valence-corrected chi connectivity index (χ3v) is 4.61. The molecule has 0 aliphatic rings. The van der Waals surface area contributed by atoms with Crippen LogP contribution in [0.4, 0.5) is 10.5 Å². The fraction of sp³-hybridized carbons (Fsp3) is 0.111. The summed E-state index contributed by atoms with van der Waals surface area (Å²) >= 11 is 5.39. The van der Waals surface area contributed by atoms with Crippen LogP contribution in [0.5, 0.6) is 5.75 Å². The molecule has 0 saturated carbocycles. The average Bonchev–Trinajstić information content (AvgIpc) is 2.64. The molecule has 0 heterocycles. The topological polar surface area (TPSA) is 108 Å². The highest BCUT2D eigenvalue weighted by molar-refractivity contribution is 14.1. The number of nitrogens with one attached hydrogen (secondary N) is 2. The van der Waals surface area contributed by atoms with Crippen molar-refractivity contribution < 1.29 is 24.6 Å². The molecule has 27 heavy (non-hydrogen) atoms. The average molecular weight is 547 g/mol. The van der Waals surface area contributed by atoms with Crippen molar-refractivity contribution in [2.75, 3.05) is 5.32 Å². The molecule has 1 atom stereocenters. The fourth-order valence-corrected chi connectivity index (χ4v) is 2.95. The Balaban J connectivity index is 2.16. The van der Waals surface area contributed by atoms with E-state index in [4.69, 9.17) is 9.94 Å². The molecular weight excluding hydrogens is 531 g/mol. The summed E-state index contributed by atoms with van der Waals surface area (Å²) in [6.07, 6.45) is 1.11. The number of carbonyl (C=O) groups is 2. The van der Waals surface area contributed by atoms with Crippen LogP contribution in [0, 0.1) is 3.57 Å². The Bertz CT molecular complexity index is 842. The zero-order chi connectivity index (χ0) is 19.8. The number of phenolic OH excluding ortho intramolecular Hbond substituents is 1. The smallest absolute Gasteiger partial charge is 0.412 e. The molecule has 2 amide bonds. The van der Waals surface area contributed by atoms with Crippen molar-refractivity contribution >= 4 is 56.2 Å². The van der Waals surface area contributed by atoms with E-state index >= 15 is 0 Å². The third kappa shape index (κ3) is 6.85. The van der Waals surface area contributed by atoms with Crippen LogP contribution in [0.15, 0.2) is 59.1 Å². The van der Waals surface area contributed by atoms with Gasteiger partial charge in [0.1, 0.15) is 11.9 Å². The third-order valence-electron chi connectivity index (χ3n) is 3.41. The van der Waals surface area contributed by atoms with Crippen LogP contribution in [-0.2, 0) is 9.53 Å². The predicted molar refractivity (Wildman–Crippen MR) is 111 cm³/mol. The van der Waals surface area contributed by atoms with E-state index in [1.54, 1.807) is 36.4 Å². The van der Waals surface area contributed by atoms with Crippen molar-refractivity contribution in [2.24, 2.45) is 0 Å². The van der Waals surface area contributed by atoms with Gasteiger partial charge in [0.25, 0.3) is 5.91 Å². The number of hydrogen-bond acceptors (Lipinski definition) is 5. The molecule has 0 aliphatic carbocycles. The van der Waals surface area contributed by atoms with E-state index in [2.05, 4.69) is 43.8 Å². The van der Waals surface area contributed by atoms with E-state index in [1.165, 1.54) is 17.6 Å². The molecule has 0 aromatic heterocycles. The van der Waals surface area contributed by atoms with Gasteiger partial charge in [-0.15, -0.1) is 0 Å². The largest absolute Gasteiger partial charge is 0.508 e. The second-order valence-electron chi connectivity index (χ2n) is 5.34. The van der Waals surface area contributed by atoms with Crippen LogP contribution < -0.4 is 10.8 Å². The van der Waals surface area contributed by atoms with Crippen LogP contribution in [0.2, 0.25) is 0 Å². The number of aromatic hydroxyl groups is 1. The summed E-state index contributed by atoms with van der Waals surface area (Å²) in [5.41, 5.74) is 2.43. The molecule has 4 N–H and O–H groups in total. The number of rotatable bonds is 6. The number of carbonyl (C=O) groups excluding carboxylic acids is 2. The minimum absolute atomic E-state index is 0.0307. The number of benzene rings is 2. The Kier molecular flexibility index (Phi) is 8.07. The summed E-state index contributed by atoms with van der Waals surface area (Å²) in [6, 6.07) is 11.9. The van der Waals surface area contributed by atoms with E-state index in [1.807, 2.05) is 0 Å². The predicted octanol–water partition coefficient (Wildman–Crippen LogP) is 4.50. The van der Waals surface area contributed by atoms with Gasteiger partial charge in [0.15, 0.2) is 0 Å². The van der Waals surface area contributed by atoms with Crippen molar-refractivity contribution in [3.05, 3.63) is 68.2 Å². The first kappa shape index (κ1) is 21.2. The number of phenols is 1. The summed E-state index contributed by atoms with van der Waals surface area (Å²) in [7, 11) is 0. The van der Waals surface area contributed by atoms with E-state index in [0.717, 1.165) is 14.1 Å². The van der Waals surface area contributed by atoms with Gasteiger partial charge in [-0.25, -0.2) is 10.3 Å². The van der Waals surface area contributed by atoms with Crippen LogP contribution >= 0.6 is 38.5 Å². The van der Waals surface area contributed by atoms with Gasteiger partial charge >= 0.3 is 6.09 Å². The number of ether oxygens (including phenoxy) is 1. The highest BCUT2D eigenvalue weighted by atomic mass is 127. The van der Waals surface area contributed by atoms with Crippen molar-refractivity contribution in [2.45, 2.75) is 12.5 Å². The lowest BCUT2D eigenvalue weighted by atomic mass is 10.0. The first-order chi connectivity index (χ1) is 12.9. The molecule has 2 aromatic carbocycles. The van der Waals surface area contributed by atoms with E-state index in [-0.39, 0.29) is 12.2 Å². The number of hydroxylamine groups is 1. The van der Waals surface area contributed by atoms with Gasteiger partial charge in [-0.05, 0) is 65.1 Å². The first-order valence-electron chi connectivity index (χ1n) is 7.71. The number of hydrogen-bond donors (Lipinski definition) is 4. The van der Waals surface area contributed by atoms with Crippen molar-refractivity contribution in [1.29, 1.82) is 0 Å². The highest BCUT2D eigenvalue weighted by Crippen LogP contribution is 2.31. The molecule has 142 valence electrons. The lowest BCUT2D eigenvalue weighted by molar-refractivity contribution is -0.124. The molecule has 2 aromatic rings. The minimum Gasteiger partial charge on any atom is -0.508 e. The van der Waals surface area contributed by atoms with Gasteiger partial charge < -0.3 is 9.84 Å². The summed E-state index contributed by atoms with van der Waals surface area (Å²) < 4.78 is 7.17. The Hall–Kier alpha value is -2.11. The van der Waals surface area contributed by atoms with Crippen LogP contribution in [0.3, 0.4) is 0 Å². The van der Waals surface area contributed by atoms with Crippen molar-refractivity contribution in [1.82, 2.24) is 5.48 Å². The second-order valence-corrected chi connectivity index (χ2v) is 7.50. The fourth-order valence-electron chi connectivity index (χ4n) is 2.17. The maximum Gasteiger partial charge on any atom is 0.412 e. The lowest BCUT2D eigenvalue weighted by Gasteiger charge is -2.19. The van der Waals surface area contributed by atoms with Gasteiger partial charge in [-0.1, -0.05) is 22.0 Å². The standard InChI is InChI=1S/C18H16BrIN2O5/c19-11-4-7-13(8-5-11)21-18(25)27-16(2-1-3-17(24)22-26)14-10-12(20)6-9-15(14)23/h1,3-10,16,23,26H,2H2,(H,21,25)(H,22,24)/b3-1+/t16-/m0/s1. The van der Waals surface area contributed by atoms with Gasteiger partial charge in [0, 0.05) is 31.8 Å². The number of anilines is 1. The molecule has 0 saturated heterocycles. The summed E-state index contributed by atoms with van der Waals surface area (Å²) in [4.78, 5) is 23.4. The molecule has 9 heteroatoms. The van der Waals surface area contributed by atoms with Gasteiger partial charge in [-0.3, -0.25) is 15.3 Å². The second kappa shape index (κ2) is 10.3. The molecular formula is C18H16BrIN2O5. The highest BCUT2D eigenvalue weighted by Gasteiger charge is 2.20. The van der Waals surface area contributed by atoms with Crippen molar-refractivity contribution in [3.63, 3.8) is 0 Å². The Labute approximate surface area is 177 Å². The molecule has 0 unspecified atom stereocenters. The van der Waals surface area contributed by atoms with Crippen molar-refractivity contribution in [3.8, 4) is 5.75 Å². The van der Waals surface area contributed by atoms with Gasteiger partial charge in [-0.2, -0.15) is 0 Å². The summed E-state index contributed by atoms with van der Waals surface area (Å²) in [5.74, 6) is -0.739. The number of amides is 2. The minimum atomic E-state index is -0.835. The maximum atomic E-state index is 12.3. The van der Waals surface area contributed by atoms with E-state index in [9.17, 15) is 14.7 Å². The zero-order valence-corrected chi connectivity index (χ0v) is 17.6. The molecule has 0 bridgehead atoms. The maximum absolute atomic E-state index is 12.3. The Morgan fingerprint density at radius 1 is 1.22 bits per heavy atom. The normalized spacial score (nSPS) is 11.8. The molecule has 7 nitrogen and oxygen atoms in total. The van der Waals surface area contributed by atoms with Crippen LogP contribution in [0.25, 0.3) is 0 Å². The molecule has 0 radical (unpaired) electrons. The molecule has 0 fully saturated rings.